The fourth-order valence-electron chi connectivity index (χ4n) is 3.24. The van der Waals surface area contributed by atoms with Crippen LogP contribution >= 0.6 is 15.9 Å². The minimum absolute atomic E-state index is 0.611. The number of benzene rings is 2. The van der Waals surface area contributed by atoms with E-state index in [-0.39, 0.29) is 0 Å². The highest BCUT2D eigenvalue weighted by Crippen LogP contribution is 2.22. The number of likely N-dealkylation sites (tertiary alicyclic amines) is 1. The van der Waals surface area contributed by atoms with Gasteiger partial charge in [0, 0.05) is 34.6 Å². The molecule has 0 aliphatic carbocycles. The van der Waals surface area contributed by atoms with E-state index in [1.807, 2.05) is 0 Å². The normalized spacial score (nSPS) is 21.5. The van der Waals surface area contributed by atoms with Crippen LogP contribution in [0.1, 0.15) is 24.0 Å². The highest BCUT2D eigenvalue weighted by atomic mass is 79.9. The standard InChI is InChI=1S/C19H23BrN2/c1-15-13-17(20)7-8-19(15)21-18-9-11-22(12-10-18)14-16-5-3-2-4-6-16/h2-8,13,18,21H,9-12,14H2,1H3/p+1. The van der Waals surface area contributed by atoms with Crippen LogP contribution in [0.3, 0.4) is 0 Å². The first-order valence-corrected chi connectivity index (χ1v) is 8.90. The Morgan fingerprint density at radius 2 is 1.82 bits per heavy atom. The van der Waals surface area contributed by atoms with Crippen molar-refractivity contribution in [3.8, 4) is 0 Å². The van der Waals surface area contributed by atoms with Gasteiger partial charge < -0.3 is 10.2 Å². The van der Waals surface area contributed by atoms with Crippen LogP contribution in [0.15, 0.2) is 53.0 Å². The summed E-state index contributed by atoms with van der Waals surface area (Å²) in [5, 5.41) is 3.73. The highest BCUT2D eigenvalue weighted by molar-refractivity contribution is 9.10. The molecule has 0 amide bonds. The van der Waals surface area contributed by atoms with Gasteiger partial charge >= 0.3 is 0 Å². The van der Waals surface area contributed by atoms with Gasteiger partial charge in [0.2, 0.25) is 0 Å². The lowest BCUT2D eigenvalue weighted by atomic mass is 10.0. The number of piperidine rings is 1. The van der Waals surface area contributed by atoms with E-state index in [1.54, 1.807) is 4.90 Å². The maximum atomic E-state index is 3.73. The minimum atomic E-state index is 0.611. The molecule has 22 heavy (non-hydrogen) atoms. The van der Waals surface area contributed by atoms with E-state index in [0.717, 1.165) is 11.0 Å². The Balaban J connectivity index is 1.51. The number of rotatable bonds is 4. The number of quaternary nitrogens is 1. The van der Waals surface area contributed by atoms with E-state index in [4.69, 9.17) is 0 Å². The monoisotopic (exact) mass is 359 g/mol. The molecule has 0 atom stereocenters. The van der Waals surface area contributed by atoms with E-state index >= 15 is 0 Å². The van der Waals surface area contributed by atoms with E-state index < -0.39 is 0 Å². The molecule has 2 aromatic carbocycles. The molecule has 0 bridgehead atoms. The summed E-state index contributed by atoms with van der Waals surface area (Å²) in [7, 11) is 0. The predicted octanol–water partition coefficient (Wildman–Crippen LogP) is 3.42. The highest BCUT2D eigenvalue weighted by Gasteiger charge is 2.22. The van der Waals surface area contributed by atoms with Crippen molar-refractivity contribution in [1.29, 1.82) is 0 Å². The van der Waals surface area contributed by atoms with Crippen molar-refractivity contribution >= 4 is 21.6 Å². The Kier molecular flexibility index (Phi) is 5.16. The SMILES string of the molecule is Cc1cc(Br)ccc1NC1CC[NH+](Cc2ccccc2)CC1. The molecule has 1 aliphatic heterocycles. The Morgan fingerprint density at radius 1 is 1.09 bits per heavy atom. The Hall–Kier alpha value is -1.32. The number of hydrogen-bond donors (Lipinski definition) is 2. The van der Waals surface area contributed by atoms with Crippen LogP contribution in [-0.2, 0) is 6.54 Å². The number of aryl methyl sites for hydroxylation is 1. The van der Waals surface area contributed by atoms with Crippen molar-refractivity contribution in [1.82, 2.24) is 0 Å². The van der Waals surface area contributed by atoms with Gasteiger partial charge in [0.05, 0.1) is 13.1 Å². The van der Waals surface area contributed by atoms with Crippen molar-refractivity contribution in [3.05, 3.63) is 64.1 Å². The number of halogens is 1. The molecule has 116 valence electrons. The summed E-state index contributed by atoms with van der Waals surface area (Å²) >= 11 is 3.53. The fraction of sp³-hybridized carbons (Fsp3) is 0.368. The second-order valence-corrected chi connectivity index (χ2v) is 7.21. The van der Waals surface area contributed by atoms with Gasteiger partial charge in [-0.05, 0) is 30.7 Å². The van der Waals surface area contributed by atoms with E-state index in [1.165, 1.54) is 42.7 Å². The fourth-order valence-corrected chi connectivity index (χ4v) is 3.72. The van der Waals surface area contributed by atoms with E-state index in [9.17, 15) is 0 Å². The Morgan fingerprint density at radius 3 is 2.50 bits per heavy atom. The number of nitrogens with one attached hydrogen (secondary N) is 2. The van der Waals surface area contributed by atoms with Gasteiger partial charge in [-0.15, -0.1) is 0 Å². The molecule has 2 N–H and O–H groups in total. The van der Waals surface area contributed by atoms with Crippen LogP contribution in [0.25, 0.3) is 0 Å². The molecule has 3 heteroatoms. The van der Waals surface area contributed by atoms with Gasteiger partial charge in [0.1, 0.15) is 6.54 Å². The molecular formula is C19H24BrN2+. The number of hydrogen-bond acceptors (Lipinski definition) is 1. The van der Waals surface area contributed by atoms with Gasteiger partial charge in [0.15, 0.2) is 0 Å². The van der Waals surface area contributed by atoms with Gasteiger partial charge in [-0.2, -0.15) is 0 Å². The summed E-state index contributed by atoms with van der Waals surface area (Å²) in [5.41, 5.74) is 4.04. The zero-order valence-electron chi connectivity index (χ0n) is 13.1. The number of anilines is 1. The van der Waals surface area contributed by atoms with Gasteiger partial charge in [-0.1, -0.05) is 46.3 Å². The molecule has 1 aliphatic rings. The summed E-state index contributed by atoms with van der Waals surface area (Å²) < 4.78 is 1.15. The summed E-state index contributed by atoms with van der Waals surface area (Å²) in [4.78, 5) is 1.71. The van der Waals surface area contributed by atoms with E-state index in [0.29, 0.717) is 6.04 Å². The summed E-state index contributed by atoms with van der Waals surface area (Å²) in [6, 6.07) is 17.9. The summed E-state index contributed by atoms with van der Waals surface area (Å²) in [6.45, 7) is 5.83. The van der Waals surface area contributed by atoms with Crippen molar-refractivity contribution in [3.63, 3.8) is 0 Å². The van der Waals surface area contributed by atoms with Crippen LogP contribution in [0, 0.1) is 6.92 Å². The van der Waals surface area contributed by atoms with Crippen LogP contribution in [0.4, 0.5) is 5.69 Å². The lowest BCUT2D eigenvalue weighted by Crippen LogP contribution is -3.12. The molecule has 1 saturated heterocycles. The second-order valence-electron chi connectivity index (χ2n) is 6.29. The van der Waals surface area contributed by atoms with Gasteiger partial charge in [0.25, 0.3) is 0 Å². The topological polar surface area (TPSA) is 16.5 Å². The third kappa shape index (κ3) is 4.11. The molecule has 0 spiro atoms. The quantitative estimate of drug-likeness (QED) is 0.854. The Labute approximate surface area is 141 Å². The van der Waals surface area contributed by atoms with Crippen molar-refractivity contribution < 1.29 is 4.90 Å². The van der Waals surface area contributed by atoms with Crippen LogP contribution in [-0.4, -0.2) is 19.1 Å². The average Bonchev–Trinajstić information content (AvgIpc) is 2.53. The van der Waals surface area contributed by atoms with Crippen LogP contribution in [0.5, 0.6) is 0 Å². The lowest BCUT2D eigenvalue weighted by Gasteiger charge is -2.30. The molecule has 0 unspecified atom stereocenters. The molecule has 0 radical (unpaired) electrons. The molecule has 0 saturated carbocycles. The maximum Gasteiger partial charge on any atom is 0.103 e. The summed E-state index contributed by atoms with van der Waals surface area (Å²) in [6.07, 6.45) is 2.50. The maximum absolute atomic E-state index is 3.73. The molecule has 0 aromatic heterocycles. The zero-order valence-corrected chi connectivity index (χ0v) is 14.7. The molecule has 2 aromatic rings. The Bertz CT molecular complexity index is 604. The first kappa shape index (κ1) is 15.6. The smallest absolute Gasteiger partial charge is 0.103 e. The van der Waals surface area contributed by atoms with E-state index in [2.05, 4.69) is 76.7 Å². The van der Waals surface area contributed by atoms with Crippen LogP contribution in [0.2, 0.25) is 0 Å². The second kappa shape index (κ2) is 7.30. The predicted molar refractivity (Wildman–Crippen MR) is 96.4 cm³/mol. The molecule has 1 heterocycles. The van der Waals surface area contributed by atoms with Crippen LogP contribution < -0.4 is 10.2 Å². The van der Waals surface area contributed by atoms with Gasteiger partial charge in [-0.25, -0.2) is 0 Å². The minimum Gasteiger partial charge on any atom is -0.382 e. The lowest BCUT2D eigenvalue weighted by molar-refractivity contribution is -0.918. The summed E-state index contributed by atoms with van der Waals surface area (Å²) in [5.74, 6) is 0. The molecule has 1 fully saturated rings. The average molecular weight is 360 g/mol. The van der Waals surface area contributed by atoms with Gasteiger partial charge in [-0.3, -0.25) is 0 Å². The zero-order chi connectivity index (χ0) is 15.4. The third-order valence-corrected chi connectivity index (χ3v) is 5.03. The van der Waals surface area contributed by atoms with Crippen molar-refractivity contribution in [2.75, 3.05) is 18.4 Å². The van der Waals surface area contributed by atoms with Crippen molar-refractivity contribution in [2.45, 2.75) is 32.4 Å². The molecule has 3 rings (SSSR count). The first-order chi connectivity index (χ1) is 10.7. The molecular weight excluding hydrogens is 336 g/mol. The first-order valence-electron chi connectivity index (χ1n) is 8.11. The van der Waals surface area contributed by atoms with Crippen molar-refractivity contribution in [2.24, 2.45) is 0 Å². The molecule has 2 nitrogen and oxygen atoms in total. The third-order valence-electron chi connectivity index (χ3n) is 4.54. The largest absolute Gasteiger partial charge is 0.382 e.